The third-order valence-corrected chi connectivity index (χ3v) is 2.74. The number of benzene rings is 1. The van der Waals surface area contributed by atoms with Crippen molar-refractivity contribution < 1.29 is 14.3 Å². The Morgan fingerprint density at radius 1 is 1.47 bits per heavy atom. The van der Waals surface area contributed by atoms with E-state index in [1.807, 2.05) is 4.90 Å². The van der Waals surface area contributed by atoms with Crippen LogP contribution in [0.1, 0.15) is 6.42 Å². The van der Waals surface area contributed by atoms with Crippen molar-refractivity contribution in [3.63, 3.8) is 0 Å². The lowest BCUT2D eigenvalue weighted by Crippen LogP contribution is -2.32. The minimum atomic E-state index is -0.328. The average Bonchev–Trinajstić information content (AvgIpc) is 2.67. The molecule has 0 aliphatic carbocycles. The lowest BCUT2D eigenvalue weighted by Gasteiger charge is -2.14. The zero-order valence-corrected chi connectivity index (χ0v) is 9.40. The number of aliphatic hydroxyl groups excluding tert-OH is 1. The SMILES string of the molecule is O=C(CN1CCC(O)C1)Nc1ccc(F)cc1. The summed E-state index contributed by atoms with van der Waals surface area (Å²) in [6.45, 7) is 1.53. The number of halogens is 1. The number of aliphatic hydroxyl groups is 1. The predicted octanol–water partition coefficient (Wildman–Crippen LogP) is 0.831. The van der Waals surface area contributed by atoms with E-state index in [1.165, 1.54) is 24.3 Å². The Kier molecular flexibility index (Phi) is 3.71. The third kappa shape index (κ3) is 3.51. The molecule has 1 aromatic carbocycles. The second kappa shape index (κ2) is 5.25. The quantitative estimate of drug-likeness (QED) is 0.820. The van der Waals surface area contributed by atoms with Crippen LogP contribution < -0.4 is 5.32 Å². The summed E-state index contributed by atoms with van der Waals surface area (Å²) >= 11 is 0. The van der Waals surface area contributed by atoms with Gasteiger partial charge < -0.3 is 10.4 Å². The van der Waals surface area contributed by atoms with Crippen LogP contribution in [0.25, 0.3) is 0 Å². The molecule has 0 radical (unpaired) electrons. The summed E-state index contributed by atoms with van der Waals surface area (Å²) < 4.78 is 12.6. The number of amides is 1. The monoisotopic (exact) mass is 238 g/mol. The molecule has 1 unspecified atom stereocenters. The van der Waals surface area contributed by atoms with Crippen LogP contribution in [0.5, 0.6) is 0 Å². The lowest BCUT2D eigenvalue weighted by atomic mass is 10.3. The Morgan fingerprint density at radius 2 is 2.18 bits per heavy atom. The molecule has 2 rings (SSSR count). The van der Waals surface area contributed by atoms with Gasteiger partial charge in [0, 0.05) is 18.8 Å². The number of carbonyl (C=O) groups excluding carboxylic acids is 1. The summed E-state index contributed by atoms with van der Waals surface area (Å²) in [6.07, 6.45) is 0.387. The van der Waals surface area contributed by atoms with E-state index in [-0.39, 0.29) is 24.4 Å². The van der Waals surface area contributed by atoms with Crippen LogP contribution in [0.2, 0.25) is 0 Å². The largest absolute Gasteiger partial charge is 0.392 e. The first-order valence-corrected chi connectivity index (χ1v) is 5.59. The Morgan fingerprint density at radius 3 is 2.76 bits per heavy atom. The van der Waals surface area contributed by atoms with Gasteiger partial charge in [0.25, 0.3) is 0 Å². The van der Waals surface area contributed by atoms with Crippen molar-refractivity contribution in [1.82, 2.24) is 4.90 Å². The van der Waals surface area contributed by atoms with E-state index in [0.29, 0.717) is 18.7 Å². The van der Waals surface area contributed by atoms with Crippen molar-refractivity contribution >= 4 is 11.6 Å². The van der Waals surface area contributed by atoms with Crippen molar-refractivity contribution in [3.05, 3.63) is 30.1 Å². The fraction of sp³-hybridized carbons (Fsp3) is 0.417. The van der Waals surface area contributed by atoms with Crippen LogP contribution in [0.4, 0.5) is 10.1 Å². The van der Waals surface area contributed by atoms with Crippen molar-refractivity contribution in [3.8, 4) is 0 Å². The molecule has 1 fully saturated rings. The van der Waals surface area contributed by atoms with Gasteiger partial charge in [0.15, 0.2) is 0 Å². The maximum Gasteiger partial charge on any atom is 0.238 e. The number of nitrogens with one attached hydrogen (secondary N) is 1. The standard InChI is InChI=1S/C12H15FN2O2/c13-9-1-3-10(4-2-9)14-12(17)8-15-6-5-11(16)7-15/h1-4,11,16H,5-8H2,(H,14,17). The van der Waals surface area contributed by atoms with Crippen LogP contribution in [-0.2, 0) is 4.79 Å². The molecule has 1 aromatic rings. The first kappa shape index (κ1) is 12.0. The molecular weight excluding hydrogens is 223 g/mol. The number of anilines is 1. The molecule has 0 bridgehead atoms. The number of rotatable bonds is 3. The van der Waals surface area contributed by atoms with Gasteiger partial charge in [-0.3, -0.25) is 9.69 Å². The maximum atomic E-state index is 12.6. The van der Waals surface area contributed by atoms with E-state index >= 15 is 0 Å². The summed E-state index contributed by atoms with van der Waals surface area (Å²) in [7, 11) is 0. The van der Waals surface area contributed by atoms with Gasteiger partial charge in [0.2, 0.25) is 5.91 Å². The molecule has 17 heavy (non-hydrogen) atoms. The van der Waals surface area contributed by atoms with Gasteiger partial charge >= 0.3 is 0 Å². The van der Waals surface area contributed by atoms with Crippen LogP contribution in [0.3, 0.4) is 0 Å². The molecule has 0 saturated carbocycles. The van der Waals surface area contributed by atoms with Gasteiger partial charge in [-0.15, -0.1) is 0 Å². The van der Waals surface area contributed by atoms with Gasteiger partial charge in [-0.2, -0.15) is 0 Å². The first-order valence-electron chi connectivity index (χ1n) is 5.59. The van der Waals surface area contributed by atoms with E-state index in [2.05, 4.69) is 5.32 Å². The molecule has 1 heterocycles. The summed E-state index contributed by atoms with van der Waals surface area (Å²) in [5.41, 5.74) is 0.580. The van der Waals surface area contributed by atoms with Gasteiger partial charge in [-0.25, -0.2) is 4.39 Å². The summed E-state index contributed by atoms with van der Waals surface area (Å²) in [5.74, 6) is -0.476. The van der Waals surface area contributed by atoms with E-state index in [4.69, 9.17) is 0 Å². The maximum absolute atomic E-state index is 12.6. The van der Waals surface area contributed by atoms with E-state index in [9.17, 15) is 14.3 Å². The zero-order valence-electron chi connectivity index (χ0n) is 9.40. The molecule has 0 spiro atoms. The molecule has 4 nitrogen and oxygen atoms in total. The van der Waals surface area contributed by atoms with Gasteiger partial charge in [0.1, 0.15) is 5.82 Å². The molecule has 92 valence electrons. The van der Waals surface area contributed by atoms with Gasteiger partial charge in [0.05, 0.1) is 12.6 Å². The summed E-state index contributed by atoms with van der Waals surface area (Å²) in [6, 6.07) is 5.64. The van der Waals surface area contributed by atoms with E-state index in [0.717, 1.165) is 6.54 Å². The van der Waals surface area contributed by atoms with Crippen LogP contribution >= 0.6 is 0 Å². The number of carbonyl (C=O) groups is 1. The second-order valence-electron chi connectivity index (χ2n) is 4.23. The Labute approximate surface area is 99.0 Å². The number of β-amino-alcohol motifs (C(OH)–C–C–N with tert-alkyl or cyclic N) is 1. The van der Waals surface area contributed by atoms with Crippen molar-refractivity contribution in [1.29, 1.82) is 0 Å². The fourth-order valence-electron chi connectivity index (χ4n) is 1.89. The Bertz CT molecular complexity index is 394. The predicted molar refractivity (Wildman–Crippen MR) is 62.1 cm³/mol. The minimum absolute atomic E-state index is 0.147. The molecule has 1 amide bonds. The van der Waals surface area contributed by atoms with Crippen molar-refractivity contribution in [2.24, 2.45) is 0 Å². The summed E-state index contributed by atoms with van der Waals surface area (Å²) in [4.78, 5) is 13.5. The van der Waals surface area contributed by atoms with E-state index < -0.39 is 0 Å². The van der Waals surface area contributed by atoms with E-state index in [1.54, 1.807) is 0 Å². The molecule has 1 aliphatic rings. The Balaban J connectivity index is 1.83. The minimum Gasteiger partial charge on any atom is -0.392 e. The smallest absolute Gasteiger partial charge is 0.238 e. The number of nitrogens with zero attached hydrogens (tertiary/aromatic N) is 1. The molecule has 1 aliphatic heterocycles. The fourth-order valence-corrected chi connectivity index (χ4v) is 1.89. The molecule has 0 aromatic heterocycles. The third-order valence-electron chi connectivity index (χ3n) is 2.74. The van der Waals surface area contributed by atoms with Crippen molar-refractivity contribution in [2.75, 3.05) is 25.0 Å². The van der Waals surface area contributed by atoms with Gasteiger partial charge in [-0.1, -0.05) is 0 Å². The highest BCUT2D eigenvalue weighted by Crippen LogP contribution is 2.10. The Hall–Kier alpha value is -1.46. The molecule has 5 heteroatoms. The van der Waals surface area contributed by atoms with Crippen LogP contribution in [0.15, 0.2) is 24.3 Å². The number of hydrogen-bond acceptors (Lipinski definition) is 3. The van der Waals surface area contributed by atoms with Crippen LogP contribution in [0, 0.1) is 5.82 Å². The molecule has 1 saturated heterocycles. The number of likely N-dealkylation sites (tertiary alicyclic amines) is 1. The molecule has 1 atom stereocenters. The summed E-state index contributed by atoms with van der Waals surface area (Å²) in [5, 5.41) is 12.0. The normalized spacial score (nSPS) is 20.5. The average molecular weight is 238 g/mol. The zero-order chi connectivity index (χ0) is 12.3. The number of hydrogen-bond donors (Lipinski definition) is 2. The van der Waals surface area contributed by atoms with Crippen LogP contribution in [-0.4, -0.2) is 41.7 Å². The topological polar surface area (TPSA) is 52.6 Å². The molecular formula is C12H15FN2O2. The first-order chi connectivity index (χ1) is 8.13. The highest BCUT2D eigenvalue weighted by molar-refractivity contribution is 5.92. The van der Waals surface area contributed by atoms with Crippen molar-refractivity contribution in [2.45, 2.75) is 12.5 Å². The lowest BCUT2D eigenvalue weighted by molar-refractivity contribution is -0.117. The van der Waals surface area contributed by atoms with Gasteiger partial charge in [-0.05, 0) is 30.7 Å². The highest BCUT2D eigenvalue weighted by Gasteiger charge is 2.21. The molecule has 2 N–H and O–H groups in total. The highest BCUT2D eigenvalue weighted by atomic mass is 19.1. The second-order valence-corrected chi connectivity index (χ2v) is 4.23.